The summed E-state index contributed by atoms with van der Waals surface area (Å²) in [7, 11) is 0. The summed E-state index contributed by atoms with van der Waals surface area (Å²) in [5.41, 5.74) is 2.17. The summed E-state index contributed by atoms with van der Waals surface area (Å²) in [5.74, 6) is 0. The Morgan fingerprint density at radius 3 is 2.09 bits per heavy atom. The van der Waals surface area contributed by atoms with Crippen LogP contribution in [-0.4, -0.2) is 4.57 Å². The highest BCUT2D eigenvalue weighted by molar-refractivity contribution is 5.62. The molecule has 0 spiro atoms. The third kappa shape index (κ3) is 2.81. The van der Waals surface area contributed by atoms with Gasteiger partial charge in [0.1, 0.15) is 0 Å². The summed E-state index contributed by atoms with van der Waals surface area (Å²) in [6.07, 6.45) is -0.795. The molecule has 4 heteroatoms. The molecular formula is C18H13F2NO. The number of benzene rings is 2. The van der Waals surface area contributed by atoms with E-state index in [4.69, 9.17) is 0 Å². The maximum absolute atomic E-state index is 12.6. The van der Waals surface area contributed by atoms with E-state index in [1.165, 1.54) is 34.9 Å². The van der Waals surface area contributed by atoms with Gasteiger partial charge in [0.05, 0.1) is 0 Å². The van der Waals surface area contributed by atoms with Crippen molar-refractivity contribution in [1.82, 2.24) is 4.57 Å². The van der Waals surface area contributed by atoms with Gasteiger partial charge in [-0.2, -0.15) is 0 Å². The van der Waals surface area contributed by atoms with Crippen LogP contribution in [0.2, 0.25) is 0 Å². The molecule has 0 aliphatic heterocycles. The number of aromatic nitrogens is 1. The largest absolute Gasteiger partial charge is 0.284 e. The average molecular weight is 297 g/mol. The smallest absolute Gasteiger partial charge is 0.263 e. The zero-order chi connectivity index (χ0) is 15.5. The second-order valence-electron chi connectivity index (χ2n) is 4.88. The minimum absolute atomic E-state index is 0.0592. The molecule has 0 N–H and O–H groups in total. The van der Waals surface area contributed by atoms with E-state index in [1.54, 1.807) is 12.3 Å². The van der Waals surface area contributed by atoms with E-state index >= 15 is 0 Å². The lowest BCUT2D eigenvalue weighted by molar-refractivity contribution is 0.151. The summed E-state index contributed by atoms with van der Waals surface area (Å²) >= 11 is 0. The number of nitrogens with zero attached hydrogens (tertiary/aromatic N) is 1. The standard InChI is InChI=1S/C18H13F2NO/c19-18(20)14-6-9-16(10-7-14)21-12-15(8-11-17(21)22)13-4-2-1-3-5-13/h1-12,18H. The molecule has 0 amide bonds. The average Bonchev–Trinajstić information content (AvgIpc) is 2.56. The predicted octanol–water partition coefficient (Wildman–Crippen LogP) is 4.44. The summed E-state index contributed by atoms with van der Waals surface area (Å²) in [5, 5.41) is 0. The van der Waals surface area contributed by atoms with Gasteiger partial charge in [-0.15, -0.1) is 0 Å². The van der Waals surface area contributed by atoms with Gasteiger partial charge in [-0.3, -0.25) is 9.36 Å². The molecule has 1 heterocycles. The lowest BCUT2D eigenvalue weighted by Crippen LogP contribution is -2.16. The Kier molecular flexibility index (Phi) is 3.83. The molecule has 1 aromatic heterocycles. The van der Waals surface area contributed by atoms with Crippen molar-refractivity contribution in [1.29, 1.82) is 0 Å². The number of rotatable bonds is 3. The third-order valence-corrected chi connectivity index (χ3v) is 3.44. The van der Waals surface area contributed by atoms with Crippen LogP contribution < -0.4 is 5.56 Å². The topological polar surface area (TPSA) is 22.0 Å². The van der Waals surface area contributed by atoms with Crippen LogP contribution >= 0.6 is 0 Å². The van der Waals surface area contributed by atoms with E-state index in [1.807, 2.05) is 30.3 Å². The van der Waals surface area contributed by atoms with Crippen LogP contribution in [0.4, 0.5) is 8.78 Å². The molecule has 3 rings (SSSR count). The number of alkyl halides is 2. The minimum Gasteiger partial charge on any atom is -0.284 e. The fraction of sp³-hybridized carbons (Fsp3) is 0.0556. The molecule has 2 aromatic carbocycles. The summed E-state index contributed by atoms with van der Waals surface area (Å²) < 4.78 is 26.7. The highest BCUT2D eigenvalue weighted by Gasteiger charge is 2.08. The molecular weight excluding hydrogens is 284 g/mol. The van der Waals surface area contributed by atoms with Gasteiger partial charge in [-0.1, -0.05) is 42.5 Å². The minimum atomic E-state index is -2.51. The Bertz CT molecular complexity index is 824. The maximum atomic E-state index is 12.6. The maximum Gasteiger partial charge on any atom is 0.263 e. The van der Waals surface area contributed by atoms with Gasteiger partial charge in [-0.05, 0) is 29.3 Å². The quantitative estimate of drug-likeness (QED) is 0.700. The van der Waals surface area contributed by atoms with Gasteiger partial charge < -0.3 is 0 Å². The van der Waals surface area contributed by atoms with Crippen LogP contribution in [0.15, 0.2) is 77.7 Å². The van der Waals surface area contributed by atoms with Gasteiger partial charge in [-0.25, -0.2) is 8.78 Å². The first-order valence-electron chi connectivity index (χ1n) is 6.82. The first-order valence-corrected chi connectivity index (χ1v) is 6.82. The summed E-state index contributed by atoms with van der Waals surface area (Å²) in [6, 6.07) is 18.6. The van der Waals surface area contributed by atoms with Crippen molar-refractivity contribution in [2.24, 2.45) is 0 Å². The number of pyridine rings is 1. The lowest BCUT2D eigenvalue weighted by Gasteiger charge is -2.09. The van der Waals surface area contributed by atoms with E-state index in [9.17, 15) is 13.6 Å². The molecule has 110 valence electrons. The molecule has 0 radical (unpaired) electrons. The van der Waals surface area contributed by atoms with Crippen molar-refractivity contribution in [3.05, 3.63) is 88.8 Å². The fourth-order valence-electron chi connectivity index (χ4n) is 2.27. The Labute approximate surface area is 126 Å². The Morgan fingerprint density at radius 2 is 1.45 bits per heavy atom. The van der Waals surface area contributed by atoms with E-state index < -0.39 is 6.43 Å². The zero-order valence-electron chi connectivity index (χ0n) is 11.6. The molecule has 0 unspecified atom stereocenters. The van der Waals surface area contributed by atoms with E-state index in [2.05, 4.69) is 0 Å². The molecule has 0 saturated carbocycles. The molecule has 3 aromatic rings. The Hall–Kier alpha value is -2.75. The first-order chi connectivity index (χ1) is 10.6. The van der Waals surface area contributed by atoms with E-state index in [0.717, 1.165) is 11.1 Å². The van der Waals surface area contributed by atoms with Crippen LogP contribution in [0.1, 0.15) is 12.0 Å². The van der Waals surface area contributed by atoms with Crippen molar-refractivity contribution >= 4 is 0 Å². The first kappa shape index (κ1) is 14.2. The van der Waals surface area contributed by atoms with Crippen molar-refractivity contribution in [3.8, 4) is 16.8 Å². The number of halogens is 2. The second kappa shape index (κ2) is 5.93. The van der Waals surface area contributed by atoms with Crippen molar-refractivity contribution < 1.29 is 8.78 Å². The van der Waals surface area contributed by atoms with Gasteiger partial charge >= 0.3 is 0 Å². The summed E-state index contributed by atoms with van der Waals surface area (Å²) in [4.78, 5) is 12.0. The lowest BCUT2D eigenvalue weighted by atomic mass is 10.1. The fourth-order valence-corrected chi connectivity index (χ4v) is 2.27. The normalized spacial score (nSPS) is 10.9. The van der Waals surface area contributed by atoms with E-state index in [-0.39, 0.29) is 11.1 Å². The molecule has 2 nitrogen and oxygen atoms in total. The van der Waals surface area contributed by atoms with Gasteiger partial charge in [0, 0.05) is 23.5 Å². The van der Waals surface area contributed by atoms with Crippen LogP contribution in [-0.2, 0) is 0 Å². The molecule has 0 aliphatic carbocycles. The van der Waals surface area contributed by atoms with Crippen molar-refractivity contribution in [3.63, 3.8) is 0 Å². The van der Waals surface area contributed by atoms with Crippen molar-refractivity contribution in [2.45, 2.75) is 6.43 Å². The van der Waals surface area contributed by atoms with Crippen LogP contribution in [0, 0.1) is 0 Å². The molecule has 0 bridgehead atoms. The molecule has 0 fully saturated rings. The molecule has 0 saturated heterocycles. The van der Waals surface area contributed by atoms with E-state index in [0.29, 0.717) is 5.69 Å². The third-order valence-electron chi connectivity index (χ3n) is 3.44. The predicted molar refractivity (Wildman–Crippen MR) is 82.4 cm³/mol. The summed E-state index contributed by atoms with van der Waals surface area (Å²) in [6.45, 7) is 0. The SMILES string of the molecule is O=c1ccc(-c2ccccc2)cn1-c1ccc(C(F)F)cc1. The van der Waals surface area contributed by atoms with Crippen LogP contribution in [0.25, 0.3) is 16.8 Å². The van der Waals surface area contributed by atoms with Crippen molar-refractivity contribution in [2.75, 3.05) is 0 Å². The Balaban J connectivity index is 2.05. The molecule has 0 aliphatic rings. The Morgan fingerprint density at radius 1 is 0.773 bits per heavy atom. The number of hydrogen-bond donors (Lipinski definition) is 0. The monoisotopic (exact) mass is 297 g/mol. The number of hydrogen-bond acceptors (Lipinski definition) is 1. The zero-order valence-corrected chi connectivity index (χ0v) is 11.6. The molecule has 0 atom stereocenters. The van der Waals surface area contributed by atoms with Crippen LogP contribution in [0.5, 0.6) is 0 Å². The van der Waals surface area contributed by atoms with Crippen LogP contribution in [0.3, 0.4) is 0 Å². The highest BCUT2D eigenvalue weighted by atomic mass is 19.3. The van der Waals surface area contributed by atoms with Gasteiger partial charge in [0.2, 0.25) is 0 Å². The molecule has 22 heavy (non-hydrogen) atoms. The van der Waals surface area contributed by atoms with Gasteiger partial charge in [0.15, 0.2) is 0 Å². The van der Waals surface area contributed by atoms with Gasteiger partial charge in [0.25, 0.3) is 12.0 Å². The second-order valence-corrected chi connectivity index (χ2v) is 4.88. The highest BCUT2D eigenvalue weighted by Crippen LogP contribution is 2.21.